The Balaban J connectivity index is 1.65. The van der Waals surface area contributed by atoms with Gasteiger partial charge in [-0.1, -0.05) is 6.42 Å². The molecular weight excluding hydrogens is 206 g/mol. The van der Waals surface area contributed by atoms with Gasteiger partial charge >= 0.3 is 0 Å². The molecule has 3 nitrogen and oxygen atoms in total. The number of hydrogen-bond donors (Lipinski definition) is 1. The third kappa shape index (κ3) is 3.54. The Bertz CT molecular complexity index is 292. The second-order valence-electron chi connectivity index (χ2n) is 4.14. The molecule has 1 unspecified atom stereocenters. The van der Waals surface area contributed by atoms with Crippen LogP contribution in [0.3, 0.4) is 0 Å². The Labute approximate surface area is 95.6 Å². The fraction of sp³-hybridized carbons (Fsp3) is 0.727. The van der Waals surface area contributed by atoms with Crippen LogP contribution in [-0.4, -0.2) is 27.3 Å². The molecule has 0 bridgehead atoms. The van der Waals surface area contributed by atoms with Gasteiger partial charge in [0.25, 0.3) is 0 Å². The zero-order valence-electron chi connectivity index (χ0n) is 9.28. The molecular formula is C11H19N3S. The van der Waals surface area contributed by atoms with Crippen LogP contribution in [0.25, 0.3) is 0 Å². The van der Waals surface area contributed by atoms with Crippen LogP contribution in [0.1, 0.15) is 24.8 Å². The van der Waals surface area contributed by atoms with Gasteiger partial charge < -0.3 is 5.32 Å². The molecule has 0 aromatic carbocycles. The van der Waals surface area contributed by atoms with Crippen LogP contribution < -0.4 is 5.32 Å². The van der Waals surface area contributed by atoms with Crippen molar-refractivity contribution in [2.24, 2.45) is 7.05 Å². The fourth-order valence-electron chi connectivity index (χ4n) is 1.91. The first-order valence-electron chi connectivity index (χ1n) is 5.64. The van der Waals surface area contributed by atoms with E-state index < -0.39 is 0 Å². The molecule has 84 valence electrons. The van der Waals surface area contributed by atoms with Crippen LogP contribution in [0.4, 0.5) is 0 Å². The first-order valence-corrected chi connectivity index (χ1v) is 6.69. The topological polar surface area (TPSA) is 29.9 Å². The predicted molar refractivity (Wildman–Crippen MR) is 65.0 cm³/mol. The molecule has 1 fully saturated rings. The summed E-state index contributed by atoms with van der Waals surface area (Å²) < 4.78 is 1.85. The predicted octanol–water partition coefficient (Wildman–Crippen LogP) is 1.80. The SMILES string of the molecule is Cn1cc(CNCC2CCCCS2)cn1. The van der Waals surface area contributed by atoms with E-state index in [0.717, 1.165) is 18.3 Å². The zero-order chi connectivity index (χ0) is 10.5. The molecule has 1 aliphatic rings. The molecule has 1 aromatic heterocycles. The minimum atomic E-state index is 0.829. The molecule has 4 heteroatoms. The van der Waals surface area contributed by atoms with E-state index in [-0.39, 0.29) is 0 Å². The highest BCUT2D eigenvalue weighted by Crippen LogP contribution is 2.24. The van der Waals surface area contributed by atoms with Crippen molar-refractivity contribution >= 4 is 11.8 Å². The number of thioether (sulfide) groups is 1. The first-order chi connectivity index (χ1) is 7.34. The van der Waals surface area contributed by atoms with Gasteiger partial charge in [0.2, 0.25) is 0 Å². The van der Waals surface area contributed by atoms with Gasteiger partial charge in [-0.2, -0.15) is 16.9 Å². The maximum atomic E-state index is 4.15. The van der Waals surface area contributed by atoms with E-state index in [9.17, 15) is 0 Å². The van der Waals surface area contributed by atoms with Gasteiger partial charge in [0, 0.05) is 37.1 Å². The van der Waals surface area contributed by atoms with Gasteiger partial charge in [0.15, 0.2) is 0 Å². The lowest BCUT2D eigenvalue weighted by Gasteiger charge is -2.21. The minimum absolute atomic E-state index is 0.829. The van der Waals surface area contributed by atoms with Gasteiger partial charge in [-0.05, 0) is 18.6 Å². The van der Waals surface area contributed by atoms with E-state index in [1.54, 1.807) is 0 Å². The average molecular weight is 225 g/mol. The Hall–Kier alpha value is -0.480. The quantitative estimate of drug-likeness (QED) is 0.847. The molecule has 0 saturated carbocycles. The van der Waals surface area contributed by atoms with Crippen LogP contribution in [0.5, 0.6) is 0 Å². The molecule has 1 saturated heterocycles. The monoisotopic (exact) mass is 225 g/mol. The molecule has 0 spiro atoms. The number of hydrogen-bond acceptors (Lipinski definition) is 3. The van der Waals surface area contributed by atoms with Gasteiger partial charge in [-0.15, -0.1) is 0 Å². The zero-order valence-corrected chi connectivity index (χ0v) is 10.1. The standard InChI is InChI=1S/C11H19N3S/c1-14-9-10(7-13-14)6-12-8-11-4-2-3-5-15-11/h7,9,11-12H,2-6,8H2,1H3. The Morgan fingerprint density at radius 1 is 1.60 bits per heavy atom. The summed E-state index contributed by atoms with van der Waals surface area (Å²) in [5, 5.41) is 8.49. The lowest BCUT2D eigenvalue weighted by atomic mass is 10.2. The molecule has 1 N–H and O–H groups in total. The van der Waals surface area contributed by atoms with E-state index in [1.807, 2.05) is 17.9 Å². The molecule has 2 rings (SSSR count). The van der Waals surface area contributed by atoms with Crippen LogP contribution in [-0.2, 0) is 13.6 Å². The lowest BCUT2D eigenvalue weighted by Crippen LogP contribution is -2.26. The smallest absolute Gasteiger partial charge is 0.0534 e. The van der Waals surface area contributed by atoms with Crippen LogP contribution in [0.15, 0.2) is 12.4 Å². The van der Waals surface area contributed by atoms with Crippen molar-refractivity contribution in [3.63, 3.8) is 0 Å². The molecule has 0 amide bonds. The summed E-state index contributed by atoms with van der Waals surface area (Å²) in [5.74, 6) is 1.35. The summed E-state index contributed by atoms with van der Waals surface area (Å²) in [6, 6.07) is 0. The van der Waals surface area contributed by atoms with Crippen molar-refractivity contribution in [1.29, 1.82) is 0 Å². The summed E-state index contributed by atoms with van der Waals surface area (Å²) in [4.78, 5) is 0. The van der Waals surface area contributed by atoms with Crippen LogP contribution in [0, 0.1) is 0 Å². The number of aryl methyl sites for hydroxylation is 1. The second kappa shape index (κ2) is 5.56. The molecule has 0 radical (unpaired) electrons. The number of nitrogens with one attached hydrogen (secondary N) is 1. The maximum absolute atomic E-state index is 4.15. The van der Waals surface area contributed by atoms with Crippen LogP contribution in [0.2, 0.25) is 0 Å². The van der Waals surface area contributed by atoms with E-state index >= 15 is 0 Å². The third-order valence-corrected chi connectivity index (χ3v) is 4.13. The molecule has 0 aliphatic carbocycles. The minimum Gasteiger partial charge on any atom is -0.311 e. The van der Waals surface area contributed by atoms with Crippen molar-refractivity contribution < 1.29 is 0 Å². The third-order valence-electron chi connectivity index (χ3n) is 2.73. The molecule has 15 heavy (non-hydrogen) atoms. The normalized spacial score (nSPS) is 21.8. The average Bonchev–Trinajstić information content (AvgIpc) is 2.66. The summed E-state index contributed by atoms with van der Waals surface area (Å²) in [7, 11) is 1.96. The summed E-state index contributed by atoms with van der Waals surface area (Å²) in [6.45, 7) is 2.09. The maximum Gasteiger partial charge on any atom is 0.0534 e. The van der Waals surface area contributed by atoms with Crippen molar-refractivity contribution in [2.45, 2.75) is 31.1 Å². The number of rotatable bonds is 4. The summed E-state index contributed by atoms with van der Waals surface area (Å²) in [6.07, 6.45) is 8.20. The second-order valence-corrected chi connectivity index (χ2v) is 5.55. The molecule has 1 aliphatic heterocycles. The van der Waals surface area contributed by atoms with Gasteiger partial charge in [-0.25, -0.2) is 0 Å². The lowest BCUT2D eigenvalue weighted by molar-refractivity contribution is 0.597. The number of nitrogens with zero attached hydrogens (tertiary/aromatic N) is 2. The van der Waals surface area contributed by atoms with Crippen molar-refractivity contribution in [3.05, 3.63) is 18.0 Å². The molecule has 1 atom stereocenters. The van der Waals surface area contributed by atoms with Crippen molar-refractivity contribution in [1.82, 2.24) is 15.1 Å². The molecule has 2 heterocycles. The summed E-state index contributed by atoms with van der Waals surface area (Å²) in [5.41, 5.74) is 1.28. The van der Waals surface area contributed by atoms with Crippen molar-refractivity contribution in [2.75, 3.05) is 12.3 Å². The fourth-order valence-corrected chi connectivity index (χ4v) is 3.18. The number of aromatic nitrogens is 2. The molecule has 1 aromatic rings. The Morgan fingerprint density at radius 2 is 2.53 bits per heavy atom. The van der Waals surface area contributed by atoms with Gasteiger partial charge in [-0.3, -0.25) is 4.68 Å². The van der Waals surface area contributed by atoms with Crippen LogP contribution >= 0.6 is 11.8 Å². The first kappa shape index (κ1) is 11.0. The highest BCUT2D eigenvalue weighted by Gasteiger charge is 2.12. The van der Waals surface area contributed by atoms with Gasteiger partial charge in [0.05, 0.1) is 6.20 Å². The highest BCUT2D eigenvalue weighted by atomic mass is 32.2. The highest BCUT2D eigenvalue weighted by molar-refractivity contribution is 7.99. The van der Waals surface area contributed by atoms with E-state index in [1.165, 1.54) is 30.6 Å². The van der Waals surface area contributed by atoms with E-state index in [4.69, 9.17) is 0 Å². The Morgan fingerprint density at radius 3 is 3.20 bits per heavy atom. The van der Waals surface area contributed by atoms with E-state index in [0.29, 0.717) is 0 Å². The van der Waals surface area contributed by atoms with E-state index in [2.05, 4.69) is 28.4 Å². The van der Waals surface area contributed by atoms with Crippen molar-refractivity contribution in [3.8, 4) is 0 Å². The Kier molecular flexibility index (Phi) is 4.09. The summed E-state index contributed by atoms with van der Waals surface area (Å²) >= 11 is 2.12. The largest absolute Gasteiger partial charge is 0.311 e. The van der Waals surface area contributed by atoms with Gasteiger partial charge in [0.1, 0.15) is 0 Å².